The second-order valence-corrected chi connectivity index (χ2v) is 5.37. The second-order valence-electron chi connectivity index (χ2n) is 5.37. The number of nitrogens with one attached hydrogen (secondary N) is 1. The first-order valence-electron chi connectivity index (χ1n) is 6.30. The smallest absolute Gasteiger partial charge is 1.00 e. The van der Waals surface area contributed by atoms with Gasteiger partial charge < -0.3 is 6.53 Å². The summed E-state index contributed by atoms with van der Waals surface area (Å²) in [5.74, 6) is -1.52. The van der Waals surface area contributed by atoms with Gasteiger partial charge in [-0.05, 0) is 19.4 Å². The number of carbonyl (C=O) groups is 1. The molecule has 0 aliphatic heterocycles. The molecule has 0 fully saturated rings. The SMILES string of the molecule is CC(C)(F)C[C@H](NC(c1ccccc1)C(F)(F)F)C(=O)O.[H-].[K+]. The number of alkyl halides is 4. The van der Waals surface area contributed by atoms with Gasteiger partial charge in [0.2, 0.25) is 0 Å². The maximum atomic E-state index is 13.6. The summed E-state index contributed by atoms with van der Waals surface area (Å²) in [5.41, 5.74) is -2.02. The summed E-state index contributed by atoms with van der Waals surface area (Å²) in [7, 11) is 0. The molecular weight excluding hydrogens is 329 g/mol. The Balaban J connectivity index is 0. The molecule has 1 aromatic carbocycles. The monoisotopic (exact) mass is 347 g/mol. The standard InChI is InChI=1S/C14H17F4NO2.K.H/c1-13(2,15)8-10(12(20)21)19-11(14(16,17)18)9-6-4-3-5-7-9;;/h3-7,10-11,19H,8H2,1-2H3,(H,20,21);;/q;+1;-1/t10-,11?;;/m0../s1. The molecule has 1 aromatic rings. The number of rotatable bonds is 6. The third kappa shape index (κ3) is 7.52. The van der Waals surface area contributed by atoms with Crippen LogP contribution in [-0.4, -0.2) is 29.0 Å². The molecule has 8 heteroatoms. The summed E-state index contributed by atoms with van der Waals surface area (Å²) in [6.45, 7) is 2.24. The van der Waals surface area contributed by atoms with Crippen LogP contribution in [0, 0.1) is 0 Å². The Kier molecular flexibility index (Phi) is 8.75. The average Bonchev–Trinajstić information content (AvgIpc) is 2.32. The molecule has 3 nitrogen and oxygen atoms in total. The Morgan fingerprint density at radius 3 is 2.09 bits per heavy atom. The van der Waals surface area contributed by atoms with Gasteiger partial charge in [-0.3, -0.25) is 10.1 Å². The van der Waals surface area contributed by atoms with Gasteiger partial charge in [0.1, 0.15) is 17.8 Å². The molecule has 1 rings (SSSR count). The van der Waals surface area contributed by atoms with E-state index in [2.05, 4.69) is 0 Å². The van der Waals surface area contributed by atoms with Crippen molar-refractivity contribution in [1.82, 2.24) is 5.32 Å². The summed E-state index contributed by atoms with van der Waals surface area (Å²) in [6.07, 6.45) is -5.25. The number of halogens is 4. The van der Waals surface area contributed by atoms with E-state index in [0.29, 0.717) is 0 Å². The van der Waals surface area contributed by atoms with Gasteiger partial charge in [-0.15, -0.1) is 0 Å². The van der Waals surface area contributed by atoms with Crippen LogP contribution in [0.4, 0.5) is 17.6 Å². The van der Waals surface area contributed by atoms with E-state index < -0.39 is 36.3 Å². The zero-order chi connectivity index (χ0) is 16.3. The molecule has 0 aliphatic rings. The van der Waals surface area contributed by atoms with Gasteiger partial charge in [-0.1, -0.05) is 30.3 Å². The fourth-order valence-electron chi connectivity index (χ4n) is 1.93. The van der Waals surface area contributed by atoms with Crippen LogP contribution in [0.1, 0.15) is 33.3 Å². The van der Waals surface area contributed by atoms with Crippen LogP contribution < -0.4 is 56.7 Å². The predicted molar refractivity (Wildman–Crippen MR) is 70.7 cm³/mol. The topological polar surface area (TPSA) is 49.3 Å². The molecule has 120 valence electrons. The van der Waals surface area contributed by atoms with E-state index in [1.807, 2.05) is 5.32 Å². The zero-order valence-corrected chi connectivity index (χ0v) is 15.7. The number of carboxylic acids is 1. The summed E-state index contributed by atoms with van der Waals surface area (Å²) in [5, 5.41) is 11.0. The van der Waals surface area contributed by atoms with E-state index >= 15 is 0 Å². The normalized spacial score (nSPS) is 14.8. The van der Waals surface area contributed by atoms with Crippen LogP contribution >= 0.6 is 0 Å². The van der Waals surface area contributed by atoms with E-state index in [4.69, 9.17) is 5.11 Å². The average molecular weight is 347 g/mol. The van der Waals surface area contributed by atoms with Crippen LogP contribution in [0.2, 0.25) is 0 Å². The molecule has 0 bridgehead atoms. The molecule has 2 atom stereocenters. The van der Waals surface area contributed by atoms with Gasteiger partial charge >= 0.3 is 63.5 Å². The maximum absolute atomic E-state index is 13.6. The number of hydrogen-bond acceptors (Lipinski definition) is 2. The molecule has 22 heavy (non-hydrogen) atoms. The summed E-state index contributed by atoms with van der Waals surface area (Å²) in [6, 6.07) is 3.07. The Morgan fingerprint density at radius 2 is 1.73 bits per heavy atom. The van der Waals surface area contributed by atoms with E-state index in [1.165, 1.54) is 24.3 Å². The minimum absolute atomic E-state index is 0. The minimum Gasteiger partial charge on any atom is -1.00 e. The van der Waals surface area contributed by atoms with Gasteiger partial charge in [-0.25, -0.2) is 4.39 Å². The number of hydrogen-bond donors (Lipinski definition) is 2. The first kappa shape index (κ1) is 22.0. The molecule has 0 aromatic heterocycles. The van der Waals surface area contributed by atoms with Crippen LogP contribution in [0.25, 0.3) is 0 Å². The predicted octanol–water partition coefficient (Wildman–Crippen LogP) is 0.587. The number of carboxylic acid groups (broad SMARTS) is 1. The van der Waals surface area contributed by atoms with Gasteiger partial charge in [0, 0.05) is 6.42 Å². The van der Waals surface area contributed by atoms with Gasteiger partial charge in [-0.2, -0.15) is 13.2 Å². The fourth-order valence-corrected chi connectivity index (χ4v) is 1.93. The summed E-state index contributed by atoms with van der Waals surface area (Å²) >= 11 is 0. The van der Waals surface area contributed by atoms with Crippen LogP contribution in [0.5, 0.6) is 0 Å². The van der Waals surface area contributed by atoms with Crippen molar-refractivity contribution in [2.75, 3.05) is 0 Å². The molecular formula is C14H18F4KNO2. The molecule has 0 saturated carbocycles. The van der Waals surface area contributed by atoms with Gasteiger partial charge in [0.05, 0.1) is 0 Å². The largest absolute Gasteiger partial charge is 1.00 e. The maximum Gasteiger partial charge on any atom is 1.00 e. The Bertz CT molecular complexity index is 480. The Hall–Kier alpha value is 0.00636. The molecule has 0 amide bonds. The Morgan fingerprint density at radius 1 is 1.23 bits per heavy atom. The molecule has 0 aliphatic carbocycles. The van der Waals surface area contributed by atoms with Crippen molar-refractivity contribution in [2.45, 2.75) is 44.2 Å². The number of aliphatic carboxylic acids is 1. The van der Waals surface area contributed by atoms with E-state index in [1.54, 1.807) is 6.07 Å². The van der Waals surface area contributed by atoms with Crippen molar-refractivity contribution in [2.24, 2.45) is 0 Å². The van der Waals surface area contributed by atoms with Crippen molar-refractivity contribution in [3.8, 4) is 0 Å². The van der Waals surface area contributed by atoms with Crippen LogP contribution in [-0.2, 0) is 4.79 Å². The van der Waals surface area contributed by atoms with Crippen molar-refractivity contribution in [3.63, 3.8) is 0 Å². The fraction of sp³-hybridized carbons (Fsp3) is 0.500. The molecule has 0 saturated heterocycles. The minimum atomic E-state index is -4.69. The zero-order valence-electron chi connectivity index (χ0n) is 13.6. The molecule has 1 unspecified atom stereocenters. The molecule has 0 radical (unpaired) electrons. The van der Waals surface area contributed by atoms with Crippen LogP contribution in [0.3, 0.4) is 0 Å². The first-order chi connectivity index (χ1) is 9.50. The van der Waals surface area contributed by atoms with E-state index in [9.17, 15) is 22.4 Å². The molecule has 2 N–H and O–H groups in total. The molecule has 0 spiro atoms. The van der Waals surface area contributed by atoms with Crippen molar-refractivity contribution in [3.05, 3.63) is 35.9 Å². The molecule has 0 heterocycles. The summed E-state index contributed by atoms with van der Waals surface area (Å²) < 4.78 is 52.9. The van der Waals surface area contributed by atoms with E-state index in [-0.39, 0.29) is 58.4 Å². The second kappa shape index (κ2) is 8.75. The third-order valence-corrected chi connectivity index (χ3v) is 2.82. The third-order valence-electron chi connectivity index (χ3n) is 2.82. The van der Waals surface area contributed by atoms with E-state index in [0.717, 1.165) is 13.8 Å². The van der Waals surface area contributed by atoms with Crippen molar-refractivity contribution < 1.29 is 80.3 Å². The number of benzene rings is 1. The first-order valence-corrected chi connectivity index (χ1v) is 6.30. The van der Waals surface area contributed by atoms with Gasteiger partial charge in [0.15, 0.2) is 0 Å². The van der Waals surface area contributed by atoms with Crippen molar-refractivity contribution >= 4 is 5.97 Å². The summed E-state index contributed by atoms with van der Waals surface area (Å²) in [4.78, 5) is 11.1. The van der Waals surface area contributed by atoms with Gasteiger partial charge in [0.25, 0.3) is 0 Å². The van der Waals surface area contributed by atoms with Crippen molar-refractivity contribution in [1.29, 1.82) is 0 Å². The quantitative estimate of drug-likeness (QED) is 0.585. The van der Waals surface area contributed by atoms with Crippen LogP contribution in [0.15, 0.2) is 30.3 Å². The Labute approximate surface area is 170 Å².